The number of rotatable bonds is 4. The van der Waals surface area contributed by atoms with Gasteiger partial charge in [-0.1, -0.05) is 12.1 Å². The number of hydrogen-bond acceptors (Lipinski definition) is 3. The zero-order chi connectivity index (χ0) is 12.8. The molecule has 0 saturated carbocycles. The van der Waals surface area contributed by atoms with Gasteiger partial charge in [0.25, 0.3) is 0 Å². The molecule has 0 spiro atoms. The number of hydrogen-bond donors (Lipinski definition) is 1. The summed E-state index contributed by atoms with van der Waals surface area (Å²) >= 11 is 1.58. The second-order valence-electron chi connectivity index (χ2n) is 3.89. The molecule has 18 heavy (non-hydrogen) atoms. The third kappa shape index (κ3) is 3.44. The molecule has 1 aromatic heterocycles. The quantitative estimate of drug-likeness (QED) is 0.914. The van der Waals surface area contributed by atoms with Crippen molar-refractivity contribution in [2.24, 2.45) is 0 Å². The molecule has 1 N–H and O–H groups in total. The van der Waals surface area contributed by atoms with Crippen molar-refractivity contribution in [3.63, 3.8) is 0 Å². The van der Waals surface area contributed by atoms with Crippen molar-refractivity contribution < 1.29 is 4.79 Å². The maximum atomic E-state index is 11.7. The van der Waals surface area contributed by atoms with Crippen molar-refractivity contribution in [3.8, 4) is 6.07 Å². The summed E-state index contributed by atoms with van der Waals surface area (Å²) in [4.78, 5) is 11.7. The van der Waals surface area contributed by atoms with Crippen molar-refractivity contribution >= 4 is 22.9 Å². The molecule has 0 bridgehead atoms. The second-order valence-corrected chi connectivity index (χ2v) is 4.67. The highest BCUT2D eigenvalue weighted by Gasteiger charge is 2.04. The molecule has 0 radical (unpaired) electrons. The second kappa shape index (κ2) is 5.99. The highest BCUT2D eigenvalue weighted by Crippen LogP contribution is 2.12. The Morgan fingerprint density at radius 2 is 2.00 bits per heavy atom. The fourth-order valence-electron chi connectivity index (χ4n) is 1.58. The van der Waals surface area contributed by atoms with Gasteiger partial charge >= 0.3 is 0 Å². The van der Waals surface area contributed by atoms with Crippen LogP contribution in [0.15, 0.2) is 41.1 Å². The molecule has 2 aromatic rings. The van der Waals surface area contributed by atoms with E-state index in [-0.39, 0.29) is 5.91 Å². The van der Waals surface area contributed by atoms with Gasteiger partial charge in [0.05, 0.1) is 18.9 Å². The van der Waals surface area contributed by atoms with Gasteiger partial charge in [0.2, 0.25) is 5.91 Å². The summed E-state index contributed by atoms with van der Waals surface area (Å²) in [6, 6.07) is 11.4. The number of benzene rings is 1. The summed E-state index contributed by atoms with van der Waals surface area (Å²) in [7, 11) is 0. The number of carbonyl (C=O) groups is 1. The molecule has 0 aliphatic heterocycles. The molecule has 2 rings (SSSR count). The van der Waals surface area contributed by atoms with Crippen LogP contribution < -0.4 is 5.32 Å². The third-order valence-electron chi connectivity index (χ3n) is 2.47. The van der Waals surface area contributed by atoms with E-state index in [9.17, 15) is 4.79 Å². The van der Waals surface area contributed by atoms with Gasteiger partial charge < -0.3 is 5.32 Å². The maximum absolute atomic E-state index is 11.7. The van der Waals surface area contributed by atoms with E-state index >= 15 is 0 Å². The van der Waals surface area contributed by atoms with Gasteiger partial charge in [-0.3, -0.25) is 4.79 Å². The molecule has 1 amide bonds. The zero-order valence-corrected chi connectivity index (χ0v) is 10.5. The van der Waals surface area contributed by atoms with E-state index in [0.717, 1.165) is 16.8 Å². The fraction of sp³-hybridized carbons (Fsp3) is 0.143. The van der Waals surface area contributed by atoms with Gasteiger partial charge in [0, 0.05) is 5.69 Å². The lowest BCUT2D eigenvalue weighted by molar-refractivity contribution is -0.115. The normalized spacial score (nSPS) is 9.72. The number of nitriles is 1. The molecule has 1 heterocycles. The number of anilines is 1. The van der Waals surface area contributed by atoms with Gasteiger partial charge in [0.1, 0.15) is 0 Å². The number of nitrogens with zero attached hydrogens (tertiary/aromatic N) is 1. The van der Waals surface area contributed by atoms with Gasteiger partial charge in [-0.05, 0) is 40.1 Å². The molecule has 90 valence electrons. The van der Waals surface area contributed by atoms with Crippen LogP contribution in [0.1, 0.15) is 11.1 Å². The van der Waals surface area contributed by atoms with Crippen LogP contribution in [0.3, 0.4) is 0 Å². The Morgan fingerprint density at radius 3 is 2.61 bits per heavy atom. The van der Waals surface area contributed by atoms with Crippen LogP contribution in [0.5, 0.6) is 0 Å². The molecule has 1 aromatic carbocycles. The first-order chi connectivity index (χ1) is 8.78. The third-order valence-corrected chi connectivity index (χ3v) is 3.20. The summed E-state index contributed by atoms with van der Waals surface area (Å²) in [5, 5.41) is 15.3. The average Bonchev–Trinajstić information content (AvgIpc) is 2.84. The van der Waals surface area contributed by atoms with Crippen LogP contribution in [-0.4, -0.2) is 5.91 Å². The first-order valence-electron chi connectivity index (χ1n) is 5.55. The van der Waals surface area contributed by atoms with E-state index in [1.165, 1.54) is 0 Å². The lowest BCUT2D eigenvalue weighted by Gasteiger charge is -2.04. The van der Waals surface area contributed by atoms with Crippen LogP contribution >= 0.6 is 11.3 Å². The molecular formula is C14H12N2OS. The van der Waals surface area contributed by atoms with Crippen molar-refractivity contribution in [1.82, 2.24) is 0 Å². The Morgan fingerprint density at radius 1 is 1.22 bits per heavy atom. The van der Waals surface area contributed by atoms with E-state index < -0.39 is 0 Å². The topological polar surface area (TPSA) is 52.9 Å². The Hall–Kier alpha value is -2.12. The first-order valence-corrected chi connectivity index (χ1v) is 6.49. The molecule has 4 heteroatoms. The van der Waals surface area contributed by atoms with E-state index in [2.05, 4.69) is 11.4 Å². The number of carbonyl (C=O) groups excluding carboxylic acids is 1. The van der Waals surface area contributed by atoms with E-state index in [0.29, 0.717) is 12.8 Å². The van der Waals surface area contributed by atoms with Crippen LogP contribution in [0.2, 0.25) is 0 Å². The highest BCUT2D eigenvalue weighted by atomic mass is 32.1. The summed E-state index contributed by atoms with van der Waals surface area (Å²) in [5.74, 6) is -0.0265. The van der Waals surface area contributed by atoms with Crippen LogP contribution in [0.25, 0.3) is 0 Å². The lowest BCUT2D eigenvalue weighted by atomic mass is 10.1. The SMILES string of the molecule is N#CCc1ccc(NC(=O)Cc2ccsc2)cc1. The van der Waals surface area contributed by atoms with E-state index in [1.807, 2.05) is 41.1 Å². The number of nitrogens with one attached hydrogen (secondary N) is 1. The Bertz CT molecular complexity index is 552. The number of amides is 1. The van der Waals surface area contributed by atoms with Gasteiger partial charge in [-0.15, -0.1) is 0 Å². The monoisotopic (exact) mass is 256 g/mol. The van der Waals surface area contributed by atoms with Crippen LogP contribution in [0, 0.1) is 11.3 Å². The minimum absolute atomic E-state index is 0.0265. The predicted octanol–water partition coefficient (Wildman–Crippen LogP) is 3.00. The van der Waals surface area contributed by atoms with Gasteiger partial charge in [0.15, 0.2) is 0 Å². The summed E-state index contributed by atoms with van der Waals surface area (Å²) in [6.07, 6.45) is 0.784. The zero-order valence-electron chi connectivity index (χ0n) is 9.72. The molecule has 0 fully saturated rings. The standard InChI is InChI=1S/C14H12N2OS/c15-7-5-11-1-3-13(4-2-11)16-14(17)9-12-6-8-18-10-12/h1-4,6,8,10H,5,9H2,(H,16,17). The largest absolute Gasteiger partial charge is 0.326 e. The van der Waals surface area contributed by atoms with Crippen molar-refractivity contribution in [2.45, 2.75) is 12.8 Å². The minimum Gasteiger partial charge on any atom is -0.326 e. The Kier molecular flexibility index (Phi) is 4.11. The smallest absolute Gasteiger partial charge is 0.228 e. The van der Waals surface area contributed by atoms with Gasteiger partial charge in [-0.25, -0.2) is 0 Å². The molecule has 0 aliphatic rings. The lowest BCUT2D eigenvalue weighted by Crippen LogP contribution is -2.13. The average molecular weight is 256 g/mol. The van der Waals surface area contributed by atoms with E-state index in [4.69, 9.17) is 5.26 Å². The molecule has 0 unspecified atom stereocenters. The maximum Gasteiger partial charge on any atom is 0.228 e. The summed E-state index contributed by atoms with van der Waals surface area (Å²) in [5.41, 5.74) is 2.74. The summed E-state index contributed by atoms with van der Waals surface area (Å²) < 4.78 is 0. The van der Waals surface area contributed by atoms with Crippen molar-refractivity contribution in [1.29, 1.82) is 5.26 Å². The van der Waals surface area contributed by atoms with Crippen LogP contribution in [-0.2, 0) is 17.6 Å². The van der Waals surface area contributed by atoms with E-state index in [1.54, 1.807) is 11.3 Å². The van der Waals surface area contributed by atoms with Crippen molar-refractivity contribution in [3.05, 3.63) is 52.2 Å². The minimum atomic E-state index is -0.0265. The number of thiophene rings is 1. The Labute approximate surface area is 110 Å². The fourth-order valence-corrected chi connectivity index (χ4v) is 2.25. The van der Waals surface area contributed by atoms with Crippen molar-refractivity contribution in [2.75, 3.05) is 5.32 Å². The molecule has 3 nitrogen and oxygen atoms in total. The first kappa shape index (κ1) is 12.3. The molecular weight excluding hydrogens is 244 g/mol. The van der Waals surface area contributed by atoms with Gasteiger partial charge in [-0.2, -0.15) is 16.6 Å². The summed E-state index contributed by atoms with van der Waals surface area (Å²) in [6.45, 7) is 0. The molecule has 0 saturated heterocycles. The molecule has 0 aliphatic carbocycles. The predicted molar refractivity (Wildman–Crippen MR) is 72.4 cm³/mol. The Balaban J connectivity index is 1.93. The highest BCUT2D eigenvalue weighted by molar-refractivity contribution is 7.08. The molecule has 0 atom stereocenters. The van der Waals surface area contributed by atoms with Crippen LogP contribution in [0.4, 0.5) is 5.69 Å².